The second-order valence-corrected chi connectivity index (χ2v) is 7.21. The normalized spacial score (nSPS) is 21.6. The molecule has 0 saturated carbocycles. The molecule has 2 saturated heterocycles. The molecule has 4 rings (SSSR count). The van der Waals surface area contributed by atoms with Gasteiger partial charge in [-0.25, -0.2) is 0 Å². The Labute approximate surface area is 152 Å². The standard InChI is InChI=1S/C19H23N3O4/c1-13-4-3-5-15(20-13)10-24-16-6-7-25-19(9-16)11-22(12-19)18(23)17-8-14(2)26-21-17/h3-5,8,16H,6-7,9-12H2,1-2H3/t16-/m0/s1. The second-order valence-electron chi connectivity index (χ2n) is 7.21. The number of likely N-dealkylation sites (tertiary alicyclic amines) is 1. The van der Waals surface area contributed by atoms with Crippen LogP contribution in [0.1, 0.15) is 40.5 Å². The highest BCUT2D eigenvalue weighted by atomic mass is 16.5. The van der Waals surface area contributed by atoms with Gasteiger partial charge < -0.3 is 18.9 Å². The molecule has 0 aromatic carbocycles. The van der Waals surface area contributed by atoms with Crippen molar-refractivity contribution in [2.24, 2.45) is 0 Å². The van der Waals surface area contributed by atoms with Gasteiger partial charge in [-0.2, -0.15) is 0 Å². The molecule has 2 aliphatic rings. The Morgan fingerprint density at radius 2 is 2.23 bits per heavy atom. The summed E-state index contributed by atoms with van der Waals surface area (Å²) in [5.74, 6) is 0.527. The van der Waals surface area contributed by atoms with E-state index >= 15 is 0 Å². The molecule has 2 aromatic rings. The highest BCUT2D eigenvalue weighted by molar-refractivity contribution is 5.93. The Balaban J connectivity index is 1.31. The van der Waals surface area contributed by atoms with Gasteiger partial charge in [0.2, 0.25) is 0 Å². The number of carbonyl (C=O) groups excluding carboxylic acids is 1. The van der Waals surface area contributed by atoms with Crippen molar-refractivity contribution in [3.05, 3.63) is 47.1 Å². The number of amides is 1. The topological polar surface area (TPSA) is 77.7 Å². The molecule has 0 unspecified atom stereocenters. The predicted molar refractivity (Wildman–Crippen MR) is 92.6 cm³/mol. The summed E-state index contributed by atoms with van der Waals surface area (Å²) in [5, 5.41) is 3.80. The van der Waals surface area contributed by atoms with Crippen LogP contribution < -0.4 is 0 Å². The monoisotopic (exact) mass is 357 g/mol. The Kier molecular flexibility index (Phi) is 4.50. The molecule has 2 aliphatic heterocycles. The molecule has 2 aromatic heterocycles. The summed E-state index contributed by atoms with van der Waals surface area (Å²) in [6.07, 6.45) is 1.78. The van der Waals surface area contributed by atoms with Crippen LogP contribution in [-0.2, 0) is 16.1 Å². The van der Waals surface area contributed by atoms with Gasteiger partial charge in [0.05, 0.1) is 31.5 Å². The molecule has 26 heavy (non-hydrogen) atoms. The van der Waals surface area contributed by atoms with Crippen LogP contribution in [0.3, 0.4) is 0 Å². The average molecular weight is 357 g/mol. The predicted octanol–water partition coefficient (Wildman–Crippen LogP) is 2.28. The van der Waals surface area contributed by atoms with Crippen molar-refractivity contribution in [2.45, 2.75) is 45.0 Å². The molecule has 0 bridgehead atoms. The number of pyridine rings is 1. The average Bonchev–Trinajstić information content (AvgIpc) is 3.04. The van der Waals surface area contributed by atoms with Crippen LogP contribution in [0.4, 0.5) is 0 Å². The first-order valence-electron chi connectivity index (χ1n) is 8.94. The molecular weight excluding hydrogens is 334 g/mol. The van der Waals surface area contributed by atoms with Crippen molar-refractivity contribution in [1.29, 1.82) is 0 Å². The van der Waals surface area contributed by atoms with E-state index < -0.39 is 0 Å². The fraction of sp³-hybridized carbons (Fsp3) is 0.526. The van der Waals surface area contributed by atoms with Gasteiger partial charge in [-0.05, 0) is 32.4 Å². The molecule has 0 N–H and O–H groups in total. The van der Waals surface area contributed by atoms with Crippen LogP contribution in [0, 0.1) is 13.8 Å². The third kappa shape index (κ3) is 3.50. The number of nitrogens with zero attached hydrogens (tertiary/aromatic N) is 3. The molecule has 0 aliphatic carbocycles. The minimum absolute atomic E-state index is 0.108. The van der Waals surface area contributed by atoms with Crippen LogP contribution in [0.2, 0.25) is 0 Å². The summed E-state index contributed by atoms with van der Waals surface area (Å²) < 4.78 is 17.0. The number of rotatable bonds is 4. The number of hydrogen-bond acceptors (Lipinski definition) is 6. The van der Waals surface area contributed by atoms with Gasteiger partial charge in [0.25, 0.3) is 5.91 Å². The fourth-order valence-corrected chi connectivity index (χ4v) is 3.65. The molecule has 138 valence electrons. The van der Waals surface area contributed by atoms with E-state index in [-0.39, 0.29) is 17.6 Å². The van der Waals surface area contributed by atoms with Crippen LogP contribution in [-0.4, -0.2) is 52.3 Å². The maximum atomic E-state index is 12.4. The maximum Gasteiger partial charge on any atom is 0.276 e. The van der Waals surface area contributed by atoms with Gasteiger partial charge >= 0.3 is 0 Å². The van der Waals surface area contributed by atoms with Crippen LogP contribution in [0.25, 0.3) is 0 Å². The Morgan fingerprint density at radius 1 is 1.38 bits per heavy atom. The molecule has 1 atom stereocenters. The van der Waals surface area contributed by atoms with Gasteiger partial charge in [-0.1, -0.05) is 11.2 Å². The molecule has 7 nitrogen and oxygen atoms in total. The first-order valence-corrected chi connectivity index (χ1v) is 8.94. The number of aryl methyl sites for hydroxylation is 2. The summed E-state index contributed by atoms with van der Waals surface area (Å²) >= 11 is 0. The van der Waals surface area contributed by atoms with Crippen molar-refractivity contribution >= 4 is 5.91 Å². The second kappa shape index (κ2) is 6.81. The van der Waals surface area contributed by atoms with Crippen LogP contribution in [0.5, 0.6) is 0 Å². The van der Waals surface area contributed by atoms with Crippen LogP contribution in [0.15, 0.2) is 28.8 Å². The van der Waals surface area contributed by atoms with E-state index in [9.17, 15) is 4.79 Å². The third-order valence-electron chi connectivity index (χ3n) is 4.95. The van der Waals surface area contributed by atoms with E-state index in [1.54, 1.807) is 17.9 Å². The zero-order valence-corrected chi connectivity index (χ0v) is 15.1. The van der Waals surface area contributed by atoms with E-state index in [2.05, 4.69) is 10.1 Å². The van der Waals surface area contributed by atoms with Crippen LogP contribution >= 0.6 is 0 Å². The Bertz CT molecular complexity index is 798. The summed E-state index contributed by atoms with van der Waals surface area (Å²) in [4.78, 5) is 18.6. The lowest BCUT2D eigenvalue weighted by Gasteiger charge is -2.52. The number of carbonyl (C=O) groups is 1. The zero-order chi connectivity index (χ0) is 18.1. The van der Waals surface area contributed by atoms with Crippen molar-refractivity contribution in [1.82, 2.24) is 15.0 Å². The minimum Gasteiger partial charge on any atom is -0.372 e. The van der Waals surface area contributed by atoms with Crippen molar-refractivity contribution < 1.29 is 18.8 Å². The van der Waals surface area contributed by atoms with E-state index in [1.807, 2.05) is 25.1 Å². The molecule has 2 fully saturated rings. The van der Waals surface area contributed by atoms with Gasteiger partial charge in [-0.15, -0.1) is 0 Å². The van der Waals surface area contributed by atoms with E-state index in [4.69, 9.17) is 14.0 Å². The number of hydrogen-bond donors (Lipinski definition) is 0. The molecule has 0 radical (unpaired) electrons. The lowest BCUT2D eigenvalue weighted by molar-refractivity contribution is -0.188. The molecular formula is C19H23N3O4. The molecule has 1 amide bonds. The first-order chi connectivity index (χ1) is 12.5. The Hall–Kier alpha value is -2.25. The quantitative estimate of drug-likeness (QED) is 0.835. The summed E-state index contributed by atoms with van der Waals surface area (Å²) in [6.45, 7) is 6.04. The maximum absolute atomic E-state index is 12.4. The van der Waals surface area contributed by atoms with E-state index in [0.29, 0.717) is 37.8 Å². The van der Waals surface area contributed by atoms with Gasteiger partial charge in [0.1, 0.15) is 11.4 Å². The van der Waals surface area contributed by atoms with Crippen molar-refractivity contribution in [3.63, 3.8) is 0 Å². The van der Waals surface area contributed by atoms with E-state index in [0.717, 1.165) is 24.2 Å². The first kappa shape index (κ1) is 17.2. The van der Waals surface area contributed by atoms with E-state index in [1.165, 1.54) is 0 Å². The van der Waals surface area contributed by atoms with Crippen molar-refractivity contribution in [2.75, 3.05) is 19.7 Å². The van der Waals surface area contributed by atoms with Gasteiger partial charge in [-0.3, -0.25) is 9.78 Å². The SMILES string of the molecule is Cc1cccc(CO[C@H]2CCOC3(C2)CN(C(=O)c2cc(C)on2)C3)n1. The molecule has 1 spiro atoms. The third-order valence-corrected chi connectivity index (χ3v) is 4.95. The number of aromatic nitrogens is 2. The molecule has 4 heterocycles. The largest absolute Gasteiger partial charge is 0.372 e. The minimum atomic E-state index is -0.294. The smallest absolute Gasteiger partial charge is 0.276 e. The highest BCUT2D eigenvalue weighted by Crippen LogP contribution is 2.36. The summed E-state index contributed by atoms with van der Waals surface area (Å²) in [5.41, 5.74) is 1.99. The fourth-order valence-electron chi connectivity index (χ4n) is 3.65. The summed E-state index contributed by atoms with van der Waals surface area (Å²) in [7, 11) is 0. The lowest BCUT2D eigenvalue weighted by atomic mass is 9.84. The zero-order valence-electron chi connectivity index (χ0n) is 15.1. The van der Waals surface area contributed by atoms with Crippen molar-refractivity contribution in [3.8, 4) is 0 Å². The van der Waals surface area contributed by atoms with Gasteiger partial charge in [0, 0.05) is 24.8 Å². The highest BCUT2D eigenvalue weighted by Gasteiger charge is 2.50. The van der Waals surface area contributed by atoms with Gasteiger partial charge in [0.15, 0.2) is 5.69 Å². The molecule has 7 heteroatoms. The summed E-state index contributed by atoms with van der Waals surface area (Å²) in [6, 6.07) is 7.61. The Morgan fingerprint density at radius 3 is 2.96 bits per heavy atom. The number of ether oxygens (including phenoxy) is 2. The lowest BCUT2D eigenvalue weighted by Crippen LogP contribution is -2.67.